The minimum absolute atomic E-state index is 0.0437. The summed E-state index contributed by atoms with van der Waals surface area (Å²) >= 11 is 0. The van der Waals surface area contributed by atoms with Gasteiger partial charge in [0.2, 0.25) is 5.91 Å². The second kappa shape index (κ2) is 8.27. The summed E-state index contributed by atoms with van der Waals surface area (Å²) in [5, 5.41) is 8.80. The van der Waals surface area contributed by atoms with Crippen molar-refractivity contribution in [2.75, 3.05) is 26.2 Å². The van der Waals surface area contributed by atoms with Crippen molar-refractivity contribution in [3.63, 3.8) is 0 Å². The number of amides is 1. The summed E-state index contributed by atoms with van der Waals surface area (Å²) in [7, 11) is 0. The number of carbonyl (C=O) groups is 1. The molecular formula is C23H31N5O. The number of hydrogen-bond donors (Lipinski definition) is 0. The van der Waals surface area contributed by atoms with Gasteiger partial charge in [0.1, 0.15) is 5.82 Å². The highest BCUT2D eigenvalue weighted by Gasteiger charge is 2.33. The number of aryl methyl sites for hydroxylation is 1. The zero-order chi connectivity index (χ0) is 19.6. The lowest BCUT2D eigenvalue weighted by Crippen LogP contribution is -2.54. The van der Waals surface area contributed by atoms with Crippen molar-refractivity contribution in [3.05, 3.63) is 36.2 Å². The highest BCUT2D eigenvalue weighted by Crippen LogP contribution is 2.28. The Morgan fingerprint density at radius 2 is 1.66 bits per heavy atom. The second-order valence-corrected chi connectivity index (χ2v) is 8.81. The van der Waals surface area contributed by atoms with Gasteiger partial charge in [-0.25, -0.2) is 0 Å². The number of carbonyl (C=O) groups excluding carboxylic acids is 1. The van der Waals surface area contributed by atoms with Crippen LogP contribution in [0.25, 0.3) is 11.4 Å². The summed E-state index contributed by atoms with van der Waals surface area (Å²) in [6, 6.07) is 10.9. The Kier molecular flexibility index (Phi) is 5.36. The van der Waals surface area contributed by atoms with E-state index in [1.54, 1.807) is 0 Å². The van der Waals surface area contributed by atoms with Crippen LogP contribution in [0.1, 0.15) is 44.3 Å². The van der Waals surface area contributed by atoms with E-state index in [1.807, 2.05) is 18.2 Å². The van der Waals surface area contributed by atoms with E-state index >= 15 is 0 Å². The Labute approximate surface area is 172 Å². The topological polar surface area (TPSA) is 54.3 Å². The van der Waals surface area contributed by atoms with E-state index in [-0.39, 0.29) is 5.92 Å². The number of nitrogens with zero attached hydrogens (tertiary/aromatic N) is 5. The Bertz CT molecular complexity index is 834. The van der Waals surface area contributed by atoms with E-state index in [4.69, 9.17) is 0 Å². The third kappa shape index (κ3) is 3.82. The molecule has 3 heterocycles. The van der Waals surface area contributed by atoms with Gasteiger partial charge in [-0.1, -0.05) is 49.6 Å². The molecule has 0 N–H and O–H groups in total. The van der Waals surface area contributed by atoms with Crippen LogP contribution in [-0.2, 0) is 17.8 Å². The van der Waals surface area contributed by atoms with Crippen LogP contribution in [-0.4, -0.2) is 62.7 Å². The van der Waals surface area contributed by atoms with Gasteiger partial charge < -0.3 is 9.47 Å². The van der Waals surface area contributed by atoms with Crippen molar-refractivity contribution < 1.29 is 4.79 Å². The molecule has 1 saturated heterocycles. The zero-order valence-corrected chi connectivity index (χ0v) is 17.2. The van der Waals surface area contributed by atoms with Crippen LogP contribution in [0.4, 0.5) is 0 Å². The first-order chi connectivity index (χ1) is 14.3. The van der Waals surface area contributed by atoms with Gasteiger partial charge in [-0.15, -0.1) is 10.2 Å². The van der Waals surface area contributed by atoms with E-state index in [1.165, 1.54) is 32.1 Å². The minimum Gasteiger partial charge on any atom is -0.340 e. The third-order valence-electron chi connectivity index (χ3n) is 7.05. The molecule has 1 saturated carbocycles. The van der Waals surface area contributed by atoms with E-state index in [9.17, 15) is 4.79 Å². The van der Waals surface area contributed by atoms with Gasteiger partial charge in [-0.2, -0.15) is 0 Å². The van der Waals surface area contributed by atoms with E-state index in [2.05, 4.69) is 36.7 Å². The van der Waals surface area contributed by atoms with E-state index < -0.39 is 0 Å². The van der Waals surface area contributed by atoms with Crippen LogP contribution in [0.2, 0.25) is 0 Å². The first-order valence-electron chi connectivity index (χ1n) is 11.3. The molecule has 5 rings (SSSR count). The number of aromatic nitrogens is 3. The fraction of sp³-hybridized carbons (Fsp3) is 0.609. The van der Waals surface area contributed by atoms with Crippen LogP contribution in [0.15, 0.2) is 30.3 Å². The smallest absolute Gasteiger partial charge is 0.227 e. The highest BCUT2D eigenvalue weighted by atomic mass is 16.2. The van der Waals surface area contributed by atoms with Gasteiger partial charge in [0.05, 0.1) is 5.92 Å². The normalized spacial score (nSPS) is 23.7. The number of piperazine rings is 1. The lowest BCUT2D eigenvalue weighted by molar-refractivity contribution is -0.138. The first-order valence-corrected chi connectivity index (χ1v) is 11.3. The van der Waals surface area contributed by atoms with Crippen molar-refractivity contribution >= 4 is 5.91 Å². The van der Waals surface area contributed by atoms with Crippen LogP contribution in [0.3, 0.4) is 0 Å². The van der Waals surface area contributed by atoms with Gasteiger partial charge >= 0.3 is 0 Å². The minimum atomic E-state index is 0.0437. The molecule has 2 aromatic rings. The third-order valence-corrected chi connectivity index (χ3v) is 7.05. The lowest BCUT2D eigenvalue weighted by Gasteiger charge is -2.41. The number of hydrogen-bond acceptors (Lipinski definition) is 4. The monoisotopic (exact) mass is 393 g/mol. The maximum atomic E-state index is 13.3. The molecule has 6 nitrogen and oxygen atoms in total. The molecule has 1 atom stereocenters. The molecule has 1 amide bonds. The van der Waals surface area contributed by atoms with Gasteiger partial charge in [0, 0.05) is 50.7 Å². The molecule has 0 spiro atoms. The predicted octanol–water partition coefficient (Wildman–Crippen LogP) is 2.98. The van der Waals surface area contributed by atoms with Crippen LogP contribution < -0.4 is 0 Å². The van der Waals surface area contributed by atoms with Crippen molar-refractivity contribution in [3.8, 4) is 11.4 Å². The summed E-state index contributed by atoms with van der Waals surface area (Å²) in [5.41, 5.74) is 1.07. The Morgan fingerprint density at radius 1 is 0.897 bits per heavy atom. The summed E-state index contributed by atoms with van der Waals surface area (Å²) in [5.74, 6) is 2.27. The summed E-state index contributed by atoms with van der Waals surface area (Å²) in [6.07, 6.45) is 8.54. The average Bonchev–Trinajstić information content (AvgIpc) is 3.23. The summed E-state index contributed by atoms with van der Waals surface area (Å²) in [6.45, 7) is 4.54. The largest absolute Gasteiger partial charge is 0.340 e. The molecule has 2 fully saturated rings. The molecule has 3 aliphatic rings. The molecule has 0 bridgehead atoms. The van der Waals surface area contributed by atoms with Crippen molar-refractivity contribution in [2.45, 2.75) is 57.5 Å². The quantitative estimate of drug-likeness (QED) is 0.804. The maximum absolute atomic E-state index is 13.3. The Balaban J connectivity index is 1.23. The fourth-order valence-corrected chi connectivity index (χ4v) is 5.34. The van der Waals surface area contributed by atoms with E-state index in [0.717, 1.165) is 62.3 Å². The molecule has 1 aliphatic carbocycles. The Morgan fingerprint density at radius 3 is 2.41 bits per heavy atom. The number of fused-ring (bicyclic) bond motifs is 1. The zero-order valence-electron chi connectivity index (χ0n) is 17.2. The molecule has 154 valence electrons. The second-order valence-electron chi connectivity index (χ2n) is 8.81. The van der Waals surface area contributed by atoms with E-state index in [0.29, 0.717) is 12.5 Å². The molecule has 6 heteroatoms. The van der Waals surface area contributed by atoms with Crippen molar-refractivity contribution in [2.24, 2.45) is 5.92 Å². The summed E-state index contributed by atoms with van der Waals surface area (Å²) < 4.78 is 2.17. The van der Waals surface area contributed by atoms with Crippen molar-refractivity contribution in [1.29, 1.82) is 0 Å². The van der Waals surface area contributed by atoms with Crippen molar-refractivity contribution in [1.82, 2.24) is 24.6 Å². The molecule has 1 aromatic carbocycles. The van der Waals surface area contributed by atoms with Gasteiger partial charge in [-0.3, -0.25) is 9.69 Å². The van der Waals surface area contributed by atoms with Crippen LogP contribution in [0, 0.1) is 5.92 Å². The lowest BCUT2D eigenvalue weighted by atomic mass is 9.93. The van der Waals surface area contributed by atoms with Crippen LogP contribution in [0.5, 0.6) is 0 Å². The standard InChI is InChI=1S/C23H31N5O/c29-23(27-15-13-26(14-16-27)20-9-5-2-6-10-20)19-11-12-21-24-25-22(28(21)17-19)18-7-3-1-4-8-18/h1,3-4,7-8,19-20H,2,5-6,9-17H2. The molecule has 29 heavy (non-hydrogen) atoms. The summed E-state index contributed by atoms with van der Waals surface area (Å²) in [4.78, 5) is 18.0. The fourth-order valence-electron chi connectivity index (χ4n) is 5.34. The van der Waals surface area contributed by atoms with Gasteiger partial charge in [-0.05, 0) is 19.3 Å². The number of rotatable bonds is 3. The van der Waals surface area contributed by atoms with Gasteiger partial charge in [0.15, 0.2) is 5.82 Å². The Hall–Kier alpha value is -2.21. The SMILES string of the molecule is O=C(C1CCc2nnc(-c3ccccc3)n2C1)N1CCN(C2CCCCC2)CC1. The highest BCUT2D eigenvalue weighted by molar-refractivity contribution is 5.79. The van der Waals surface area contributed by atoms with Crippen LogP contribution >= 0.6 is 0 Å². The maximum Gasteiger partial charge on any atom is 0.227 e. The first kappa shape index (κ1) is 18.8. The molecule has 1 aromatic heterocycles. The molecule has 2 aliphatic heterocycles. The predicted molar refractivity (Wildman–Crippen MR) is 112 cm³/mol. The molecular weight excluding hydrogens is 362 g/mol. The van der Waals surface area contributed by atoms with Gasteiger partial charge in [0.25, 0.3) is 0 Å². The molecule has 1 unspecified atom stereocenters. The number of benzene rings is 1. The molecule has 0 radical (unpaired) electrons. The average molecular weight is 394 g/mol.